The van der Waals surface area contributed by atoms with Gasteiger partial charge in [-0.05, 0) is 33.6 Å². The summed E-state index contributed by atoms with van der Waals surface area (Å²) in [4.78, 5) is 17.7. The zero-order chi connectivity index (χ0) is 15.5. The van der Waals surface area contributed by atoms with Crippen molar-refractivity contribution in [1.29, 1.82) is 0 Å². The molecule has 1 saturated heterocycles. The van der Waals surface area contributed by atoms with Gasteiger partial charge in [0.1, 0.15) is 17.5 Å². The second-order valence-electron chi connectivity index (χ2n) is 6.22. The number of carbonyl (C=O) groups excluding carboxylic acids is 1. The molecule has 6 nitrogen and oxygen atoms in total. The molecule has 0 saturated carbocycles. The molecular weight excluding hydrogens is 270 g/mol. The van der Waals surface area contributed by atoms with Crippen molar-refractivity contribution in [2.24, 2.45) is 0 Å². The number of likely N-dealkylation sites (tertiary alicyclic amines) is 1. The summed E-state index contributed by atoms with van der Waals surface area (Å²) >= 11 is 0. The smallest absolute Gasteiger partial charge is 0.410 e. The van der Waals surface area contributed by atoms with Crippen LogP contribution in [-0.4, -0.2) is 40.8 Å². The summed E-state index contributed by atoms with van der Waals surface area (Å²) in [6, 6.07) is 1.74. The lowest BCUT2D eigenvalue weighted by atomic mass is 10.1. The fraction of sp³-hybridized carbons (Fsp3) is 0.600. The van der Waals surface area contributed by atoms with Gasteiger partial charge < -0.3 is 20.1 Å². The van der Waals surface area contributed by atoms with E-state index in [0.717, 1.165) is 12.8 Å². The normalized spacial score (nSPS) is 19.2. The Kier molecular flexibility index (Phi) is 4.55. The number of nitrogen functional groups attached to an aromatic ring is 1. The number of nitrogens with zero attached hydrogens (tertiary/aromatic N) is 2. The number of carbonyl (C=O) groups is 1. The first-order valence-electron chi connectivity index (χ1n) is 7.19. The summed E-state index contributed by atoms with van der Waals surface area (Å²) in [5.74, 6) is 0.612. The maximum atomic E-state index is 12.1. The summed E-state index contributed by atoms with van der Waals surface area (Å²) in [6.45, 7) is 6.79. The minimum absolute atomic E-state index is 0.0732. The molecule has 1 aliphatic rings. The Labute approximate surface area is 125 Å². The van der Waals surface area contributed by atoms with Crippen LogP contribution >= 0.6 is 0 Å². The Balaban J connectivity index is 1.95. The Morgan fingerprint density at radius 2 is 2.24 bits per heavy atom. The summed E-state index contributed by atoms with van der Waals surface area (Å²) in [5.41, 5.74) is 5.84. The molecule has 1 aliphatic heterocycles. The third kappa shape index (κ3) is 4.51. The van der Waals surface area contributed by atoms with Crippen molar-refractivity contribution in [3.05, 3.63) is 18.5 Å². The van der Waals surface area contributed by atoms with Crippen LogP contribution < -0.4 is 10.5 Å². The molecule has 0 spiro atoms. The van der Waals surface area contributed by atoms with Crippen molar-refractivity contribution in [3.63, 3.8) is 0 Å². The number of nitrogens with two attached hydrogens (primary N) is 1. The van der Waals surface area contributed by atoms with E-state index in [9.17, 15) is 4.79 Å². The first-order chi connectivity index (χ1) is 9.85. The molecule has 2 N–H and O–H groups in total. The summed E-state index contributed by atoms with van der Waals surface area (Å²) in [5, 5.41) is 0. The van der Waals surface area contributed by atoms with Crippen molar-refractivity contribution in [1.82, 2.24) is 9.88 Å². The Hall–Kier alpha value is -1.98. The highest BCUT2D eigenvalue weighted by Gasteiger charge is 2.28. The van der Waals surface area contributed by atoms with Crippen LogP contribution in [0.1, 0.15) is 33.6 Å². The Morgan fingerprint density at radius 3 is 2.90 bits per heavy atom. The van der Waals surface area contributed by atoms with Crippen LogP contribution in [0.2, 0.25) is 0 Å². The second kappa shape index (κ2) is 6.20. The molecule has 0 bridgehead atoms. The molecule has 6 heteroatoms. The Morgan fingerprint density at radius 1 is 1.48 bits per heavy atom. The van der Waals surface area contributed by atoms with E-state index in [4.69, 9.17) is 15.2 Å². The number of anilines is 1. The van der Waals surface area contributed by atoms with Gasteiger partial charge in [0.25, 0.3) is 0 Å². The van der Waals surface area contributed by atoms with Gasteiger partial charge in [-0.1, -0.05) is 0 Å². The van der Waals surface area contributed by atoms with Gasteiger partial charge in [-0.25, -0.2) is 4.79 Å². The maximum Gasteiger partial charge on any atom is 0.410 e. The van der Waals surface area contributed by atoms with Crippen LogP contribution in [0, 0.1) is 0 Å². The predicted octanol–water partition coefficient (Wildman–Crippen LogP) is 2.44. The van der Waals surface area contributed by atoms with Crippen molar-refractivity contribution >= 4 is 11.8 Å². The summed E-state index contributed by atoms with van der Waals surface area (Å²) in [7, 11) is 0. The van der Waals surface area contributed by atoms with Gasteiger partial charge in [-0.15, -0.1) is 0 Å². The molecule has 1 aromatic rings. The van der Waals surface area contributed by atoms with Gasteiger partial charge in [0.2, 0.25) is 0 Å². The van der Waals surface area contributed by atoms with E-state index in [2.05, 4.69) is 4.98 Å². The van der Waals surface area contributed by atoms with Gasteiger partial charge in [-0.3, -0.25) is 4.98 Å². The molecule has 1 unspecified atom stereocenters. The largest absolute Gasteiger partial charge is 0.486 e. The summed E-state index contributed by atoms with van der Waals surface area (Å²) in [6.07, 6.45) is 4.61. The zero-order valence-electron chi connectivity index (χ0n) is 12.8. The molecular formula is C15H23N3O3. The van der Waals surface area contributed by atoms with E-state index < -0.39 is 5.60 Å². The zero-order valence-corrected chi connectivity index (χ0v) is 12.8. The number of ether oxygens (including phenoxy) is 2. The van der Waals surface area contributed by atoms with Crippen molar-refractivity contribution in [2.75, 3.05) is 18.8 Å². The molecule has 1 atom stereocenters. The highest BCUT2D eigenvalue weighted by Crippen LogP contribution is 2.24. The first-order valence-corrected chi connectivity index (χ1v) is 7.19. The SMILES string of the molecule is CC(C)(C)OC(=O)N1CCCC(Oc2ccncc2N)C1. The van der Waals surface area contributed by atoms with E-state index in [0.29, 0.717) is 24.5 Å². The minimum Gasteiger partial charge on any atom is -0.486 e. The average molecular weight is 293 g/mol. The molecule has 2 rings (SSSR count). The number of hydrogen-bond donors (Lipinski definition) is 1. The predicted molar refractivity (Wildman–Crippen MR) is 80.1 cm³/mol. The Bertz CT molecular complexity index is 499. The second-order valence-corrected chi connectivity index (χ2v) is 6.22. The van der Waals surface area contributed by atoms with Crippen LogP contribution in [0.5, 0.6) is 5.75 Å². The third-order valence-electron chi connectivity index (χ3n) is 3.13. The maximum absolute atomic E-state index is 12.1. The monoisotopic (exact) mass is 293 g/mol. The third-order valence-corrected chi connectivity index (χ3v) is 3.13. The molecule has 0 aromatic carbocycles. The standard InChI is InChI=1S/C15H23N3O3/c1-15(2,3)21-14(19)18-8-4-5-11(10-18)20-13-6-7-17-9-12(13)16/h6-7,9,11H,4-5,8,10,16H2,1-3H3. The van der Waals surface area contributed by atoms with Crippen molar-refractivity contribution in [2.45, 2.75) is 45.3 Å². The lowest BCUT2D eigenvalue weighted by Crippen LogP contribution is -2.46. The van der Waals surface area contributed by atoms with Crippen LogP contribution in [0.25, 0.3) is 0 Å². The van der Waals surface area contributed by atoms with Gasteiger partial charge >= 0.3 is 6.09 Å². The van der Waals surface area contributed by atoms with Gasteiger partial charge in [-0.2, -0.15) is 0 Å². The van der Waals surface area contributed by atoms with Crippen LogP contribution in [0.4, 0.5) is 10.5 Å². The lowest BCUT2D eigenvalue weighted by Gasteiger charge is -2.34. The number of pyridine rings is 1. The summed E-state index contributed by atoms with van der Waals surface area (Å²) < 4.78 is 11.3. The van der Waals surface area contributed by atoms with Crippen molar-refractivity contribution in [3.8, 4) is 5.75 Å². The minimum atomic E-state index is -0.486. The molecule has 0 radical (unpaired) electrons. The number of hydrogen-bond acceptors (Lipinski definition) is 5. The first kappa shape index (κ1) is 15.4. The number of amides is 1. The van der Waals surface area contributed by atoms with Crippen LogP contribution in [-0.2, 0) is 4.74 Å². The van der Waals surface area contributed by atoms with Gasteiger partial charge in [0, 0.05) is 18.8 Å². The van der Waals surface area contributed by atoms with Crippen molar-refractivity contribution < 1.29 is 14.3 Å². The molecule has 116 valence electrons. The number of piperidine rings is 1. The van der Waals surface area contributed by atoms with E-state index in [1.54, 1.807) is 23.4 Å². The van der Waals surface area contributed by atoms with E-state index in [1.165, 1.54) is 0 Å². The average Bonchev–Trinajstić information content (AvgIpc) is 2.40. The molecule has 21 heavy (non-hydrogen) atoms. The molecule has 1 fully saturated rings. The highest BCUT2D eigenvalue weighted by molar-refractivity contribution is 5.68. The van der Waals surface area contributed by atoms with E-state index in [1.807, 2.05) is 20.8 Å². The lowest BCUT2D eigenvalue weighted by molar-refractivity contribution is 0.00785. The van der Waals surface area contributed by atoms with Crippen LogP contribution in [0.15, 0.2) is 18.5 Å². The van der Waals surface area contributed by atoms with Crippen LogP contribution in [0.3, 0.4) is 0 Å². The van der Waals surface area contributed by atoms with Gasteiger partial charge in [0.05, 0.1) is 18.4 Å². The molecule has 1 amide bonds. The fourth-order valence-corrected chi connectivity index (χ4v) is 2.21. The molecule has 0 aliphatic carbocycles. The highest BCUT2D eigenvalue weighted by atomic mass is 16.6. The van der Waals surface area contributed by atoms with Gasteiger partial charge in [0.15, 0.2) is 0 Å². The molecule has 1 aromatic heterocycles. The fourth-order valence-electron chi connectivity index (χ4n) is 2.21. The van der Waals surface area contributed by atoms with E-state index >= 15 is 0 Å². The number of rotatable bonds is 2. The quantitative estimate of drug-likeness (QED) is 0.906. The number of aromatic nitrogens is 1. The van der Waals surface area contributed by atoms with E-state index in [-0.39, 0.29) is 12.2 Å². The molecule has 2 heterocycles. The topological polar surface area (TPSA) is 77.7 Å².